The summed E-state index contributed by atoms with van der Waals surface area (Å²) in [7, 11) is -4.30. The van der Waals surface area contributed by atoms with Crippen LogP contribution >= 0.6 is 15.9 Å². The van der Waals surface area contributed by atoms with E-state index in [0.29, 0.717) is 8.78 Å². The summed E-state index contributed by atoms with van der Waals surface area (Å²) >= 11 is 0.123. The van der Waals surface area contributed by atoms with Gasteiger partial charge in [0, 0.05) is 22.0 Å². The molecule has 1 atom stereocenters. The molecular formula is C21H12BrN2O9S2-. The molecule has 1 heterocycles. The number of nitro benzene ring substituents is 1. The van der Waals surface area contributed by atoms with Gasteiger partial charge in [-0.1, -0.05) is 40.2 Å². The lowest BCUT2D eigenvalue weighted by atomic mass is 10.2. The Kier molecular flexibility index (Phi) is 6.71. The lowest BCUT2D eigenvalue weighted by molar-refractivity contribution is -0.384. The van der Waals surface area contributed by atoms with Crippen LogP contribution in [0.15, 0.2) is 91.4 Å². The van der Waals surface area contributed by atoms with Gasteiger partial charge in [0.15, 0.2) is 11.3 Å². The van der Waals surface area contributed by atoms with Gasteiger partial charge >= 0.3 is 15.7 Å². The van der Waals surface area contributed by atoms with Gasteiger partial charge in [0.2, 0.25) is 0 Å². The van der Waals surface area contributed by atoms with Gasteiger partial charge in [0.1, 0.15) is 10.6 Å². The fourth-order valence-electron chi connectivity index (χ4n) is 3.14. The average Bonchev–Trinajstić information content (AvgIpc) is 2.80. The molecule has 4 aromatic rings. The third-order valence-corrected chi connectivity index (χ3v) is 7.06. The van der Waals surface area contributed by atoms with Crippen molar-refractivity contribution in [3.63, 3.8) is 0 Å². The van der Waals surface area contributed by atoms with Crippen molar-refractivity contribution in [3.8, 4) is 5.75 Å². The normalized spacial score (nSPS) is 12.3. The minimum absolute atomic E-state index is 0.141. The molecule has 0 N–H and O–H groups in total. The van der Waals surface area contributed by atoms with E-state index < -0.39 is 43.3 Å². The van der Waals surface area contributed by atoms with E-state index in [1.807, 2.05) is 0 Å². The first-order valence-corrected chi connectivity index (χ1v) is 12.7. The number of non-ortho nitro benzene ring substituents is 1. The molecule has 0 radical (unpaired) electrons. The maximum Gasteiger partial charge on any atom is 0.361 e. The lowest BCUT2D eigenvalue weighted by Gasteiger charge is -2.25. The van der Waals surface area contributed by atoms with E-state index in [-0.39, 0.29) is 27.3 Å². The predicted octanol–water partition coefficient (Wildman–Crippen LogP) is 4.16. The van der Waals surface area contributed by atoms with E-state index in [1.54, 1.807) is 6.07 Å². The number of nitrogens with zero attached hydrogens (tertiary/aromatic N) is 2. The Bertz CT molecular complexity index is 1650. The fraction of sp³-hybridized carbons (Fsp3) is 0. The first-order chi connectivity index (χ1) is 16.6. The zero-order valence-electron chi connectivity index (χ0n) is 17.2. The number of benzene rings is 3. The van der Waals surface area contributed by atoms with Crippen molar-refractivity contribution in [2.24, 2.45) is 0 Å². The highest BCUT2D eigenvalue weighted by Gasteiger charge is 2.23. The Labute approximate surface area is 208 Å². The van der Waals surface area contributed by atoms with Gasteiger partial charge in [-0.25, -0.2) is 4.79 Å². The third kappa shape index (κ3) is 5.09. The molecule has 3 aromatic carbocycles. The van der Waals surface area contributed by atoms with Crippen LogP contribution in [-0.2, 0) is 21.4 Å². The minimum Gasteiger partial charge on any atom is -0.755 e. The largest absolute Gasteiger partial charge is 0.755 e. The van der Waals surface area contributed by atoms with Crippen molar-refractivity contribution in [1.29, 1.82) is 0 Å². The summed E-state index contributed by atoms with van der Waals surface area (Å²) in [5, 5.41) is 11.2. The standard InChI is InChI=1S/C21H13BrN2O9S2/c22-14-5-2-8-17(11-14)35(30,31)33-19-9-1-4-13-10-18(21(25)32-20(13)19)23(34(28)29)15-6-3-7-16(12-15)24(26)27/h1-12H,(H,28,29)/p-1. The Hall–Kier alpha value is -3.59. The van der Waals surface area contributed by atoms with Crippen LogP contribution in [-0.4, -0.2) is 22.1 Å². The summed E-state index contributed by atoms with van der Waals surface area (Å²) in [5.74, 6) is -0.295. The first kappa shape index (κ1) is 24.5. The molecule has 0 amide bonds. The Balaban J connectivity index is 1.81. The first-order valence-electron chi connectivity index (χ1n) is 9.48. The van der Waals surface area contributed by atoms with Gasteiger partial charge in [0.05, 0.1) is 21.9 Å². The van der Waals surface area contributed by atoms with E-state index in [9.17, 15) is 32.1 Å². The molecule has 180 valence electrons. The van der Waals surface area contributed by atoms with Crippen molar-refractivity contribution >= 4 is 65.3 Å². The summed E-state index contributed by atoms with van der Waals surface area (Å²) in [6.45, 7) is 0. The number of halogens is 1. The molecule has 0 saturated carbocycles. The monoisotopic (exact) mass is 579 g/mol. The second kappa shape index (κ2) is 9.58. The van der Waals surface area contributed by atoms with E-state index in [2.05, 4.69) is 15.9 Å². The molecule has 0 fully saturated rings. The highest BCUT2D eigenvalue weighted by atomic mass is 79.9. The summed E-state index contributed by atoms with van der Waals surface area (Å²) in [5.41, 5.74) is -2.43. The second-order valence-electron chi connectivity index (χ2n) is 6.88. The second-order valence-corrected chi connectivity index (χ2v) is 10.1. The van der Waals surface area contributed by atoms with Crippen LogP contribution in [0.1, 0.15) is 0 Å². The fourth-order valence-corrected chi connectivity index (χ4v) is 5.25. The van der Waals surface area contributed by atoms with Gasteiger partial charge in [-0.15, -0.1) is 0 Å². The summed E-state index contributed by atoms with van der Waals surface area (Å²) < 4.78 is 60.9. The predicted molar refractivity (Wildman–Crippen MR) is 129 cm³/mol. The zero-order chi connectivity index (χ0) is 25.3. The van der Waals surface area contributed by atoms with Gasteiger partial charge in [0.25, 0.3) is 5.69 Å². The molecule has 0 aliphatic rings. The molecule has 4 rings (SSSR count). The minimum atomic E-state index is -4.30. The van der Waals surface area contributed by atoms with Crippen molar-refractivity contribution in [3.05, 3.63) is 97.8 Å². The van der Waals surface area contributed by atoms with Crippen LogP contribution in [0.25, 0.3) is 11.0 Å². The van der Waals surface area contributed by atoms with Gasteiger partial charge in [-0.2, -0.15) is 8.42 Å². The van der Waals surface area contributed by atoms with Gasteiger partial charge in [-0.3, -0.25) is 18.6 Å². The van der Waals surface area contributed by atoms with E-state index in [1.165, 1.54) is 48.5 Å². The smallest absolute Gasteiger partial charge is 0.361 e. The molecule has 14 heteroatoms. The van der Waals surface area contributed by atoms with Crippen molar-refractivity contribution in [1.82, 2.24) is 0 Å². The quantitative estimate of drug-likeness (QED) is 0.103. The van der Waals surface area contributed by atoms with Crippen LogP contribution in [0.5, 0.6) is 5.75 Å². The Morgan fingerprint density at radius 3 is 2.43 bits per heavy atom. The molecular weight excluding hydrogens is 568 g/mol. The maximum absolute atomic E-state index is 12.8. The molecule has 0 aliphatic carbocycles. The van der Waals surface area contributed by atoms with Crippen molar-refractivity contribution < 1.29 is 30.7 Å². The molecule has 1 aromatic heterocycles. The molecule has 35 heavy (non-hydrogen) atoms. The Morgan fingerprint density at radius 1 is 1.03 bits per heavy atom. The molecule has 11 nitrogen and oxygen atoms in total. The average molecular weight is 580 g/mol. The lowest BCUT2D eigenvalue weighted by Crippen LogP contribution is -2.25. The van der Waals surface area contributed by atoms with Crippen LogP contribution in [0.2, 0.25) is 0 Å². The van der Waals surface area contributed by atoms with Gasteiger partial charge in [-0.05, 0) is 36.4 Å². The molecule has 0 bridgehead atoms. The van der Waals surface area contributed by atoms with Crippen LogP contribution in [0, 0.1) is 10.1 Å². The van der Waals surface area contributed by atoms with Crippen LogP contribution in [0.4, 0.5) is 17.1 Å². The maximum atomic E-state index is 12.8. The number of rotatable bonds is 7. The van der Waals surface area contributed by atoms with Crippen molar-refractivity contribution in [2.45, 2.75) is 4.90 Å². The highest BCUT2D eigenvalue weighted by Crippen LogP contribution is 2.33. The molecule has 1 unspecified atom stereocenters. The van der Waals surface area contributed by atoms with Crippen molar-refractivity contribution in [2.75, 3.05) is 4.31 Å². The topological polar surface area (TPSA) is 160 Å². The number of para-hydroxylation sites is 1. The third-order valence-electron chi connectivity index (χ3n) is 4.63. The summed E-state index contributed by atoms with van der Waals surface area (Å²) in [6, 6.07) is 15.7. The molecule has 0 saturated heterocycles. The molecule has 0 spiro atoms. The number of hydrogen-bond donors (Lipinski definition) is 0. The Morgan fingerprint density at radius 2 is 1.74 bits per heavy atom. The van der Waals surface area contributed by atoms with Crippen LogP contribution < -0.4 is 14.1 Å². The number of hydrogen-bond acceptors (Lipinski definition) is 9. The van der Waals surface area contributed by atoms with E-state index in [4.69, 9.17) is 8.60 Å². The number of nitro groups is 1. The highest BCUT2D eigenvalue weighted by molar-refractivity contribution is 9.10. The summed E-state index contributed by atoms with van der Waals surface area (Å²) in [4.78, 5) is 23.0. The van der Waals surface area contributed by atoms with Crippen LogP contribution in [0.3, 0.4) is 0 Å². The molecule has 0 aliphatic heterocycles. The van der Waals surface area contributed by atoms with Gasteiger partial charge < -0.3 is 13.2 Å². The number of fused-ring (bicyclic) bond motifs is 1. The van der Waals surface area contributed by atoms with E-state index in [0.717, 1.165) is 18.2 Å². The summed E-state index contributed by atoms with van der Waals surface area (Å²) in [6.07, 6.45) is 0. The zero-order valence-corrected chi connectivity index (χ0v) is 20.4. The number of anilines is 2. The van der Waals surface area contributed by atoms with E-state index >= 15 is 0 Å². The SMILES string of the molecule is O=c1oc2c(OS(=O)(=O)c3cccc(Br)c3)cccc2cc1N(c1cccc([N+](=O)[O-])c1)S(=O)[O-].